The Morgan fingerprint density at radius 2 is 1.68 bits per heavy atom. The first-order valence-electron chi connectivity index (χ1n) is 8.28. The molecule has 7 nitrogen and oxygen atoms in total. The molecule has 164 valence electrons. The van der Waals surface area contributed by atoms with Gasteiger partial charge in [-0.05, 0) is 24.4 Å². The minimum absolute atomic E-state index is 0.00383. The van der Waals surface area contributed by atoms with Crippen molar-refractivity contribution in [3.05, 3.63) is 35.7 Å². The number of imidazole rings is 1. The zero-order valence-corrected chi connectivity index (χ0v) is 16.5. The summed E-state index contributed by atoms with van der Waals surface area (Å²) in [5, 5.41) is 9.92. The van der Waals surface area contributed by atoms with Gasteiger partial charge in [0.1, 0.15) is 11.2 Å². The molecule has 0 amide bonds. The van der Waals surface area contributed by atoms with Crippen molar-refractivity contribution >= 4 is 26.2 Å². The minimum atomic E-state index is -4.82. The molecule has 3 rings (SSSR count). The molecule has 0 bridgehead atoms. The number of alkyl halides is 6. The van der Waals surface area contributed by atoms with Gasteiger partial charge in [-0.15, -0.1) is 0 Å². The van der Waals surface area contributed by atoms with Gasteiger partial charge in [0.2, 0.25) is 0 Å². The van der Waals surface area contributed by atoms with Crippen molar-refractivity contribution in [1.29, 1.82) is 5.26 Å². The summed E-state index contributed by atoms with van der Waals surface area (Å²) in [6, 6.07) is 1.29. The fraction of sp³-hybridized carbons (Fsp3) is 0.235. The molecule has 14 heteroatoms. The summed E-state index contributed by atoms with van der Waals surface area (Å²) in [7, 11) is -2.29. The molecule has 3 aromatic heterocycles. The lowest BCUT2D eigenvalue weighted by molar-refractivity contribution is -0.138. The fourth-order valence-electron chi connectivity index (χ4n) is 2.75. The first-order valence-corrected chi connectivity index (χ1v) is 9.90. The van der Waals surface area contributed by atoms with Gasteiger partial charge in [-0.1, -0.05) is 0 Å². The number of fused-ring (bicyclic) bond motifs is 1. The number of hydrogen-bond donors (Lipinski definition) is 1. The van der Waals surface area contributed by atoms with E-state index < -0.39 is 38.1 Å². The van der Waals surface area contributed by atoms with E-state index in [-0.39, 0.29) is 22.7 Å². The first-order chi connectivity index (χ1) is 14.3. The van der Waals surface area contributed by atoms with Crippen LogP contribution in [0.25, 0.3) is 22.7 Å². The summed E-state index contributed by atoms with van der Waals surface area (Å²) in [4.78, 5) is 11.0. The highest BCUT2D eigenvalue weighted by Crippen LogP contribution is 2.35. The Morgan fingerprint density at radius 1 is 1.10 bits per heavy atom. The maximum atomic E-state index is 13.2. The van der Waals surface area contributed by atoms with Gasteiger partial charge in [0.25, 0.3) is 0 Å². The molecule has 31 heavy (non-hydrogen) atoms. The number of pyridine rings is 2. The highest BCUT2D eigenvalue weighted by molar-refractivity contribution is 7.99. The van der Waals surface area contributed by atoms with Crippen LogP contribution in [0.2, 0.25) is 0 Å². The number of rotatable bonds is 3. The van der Waals surface area contributed by atoms with Crippen LogP contribution in [-0.2, 0) is 29.1 Å². The number of halogens is 6. The van der Waals surface area contributed by atoms with E-state index in [4.69, 9.17) is 5.26 Å². The molecule has 1 N–H and O–H groups in total. The van der Waals surface area contributed by atoms with Gasteiger partial charge in [0, 0.05) is 19.4 Å². The lowest BCUT2D eigenvalue weighted by Crippen LogP contribution is -2.23. The fourth-order valence-corrected chi connectivity index (χ4v) is 4.10. The molecule has 0 radical (unpaired) electrons. The summed E-state index contributed by atoms with van der Waals surface area (Å²) in [6.45, 7) is 1.27. The number of hydrogen-bond acceptors (Lipinski definition) is 5. The van der Waals surface area contributed by atoms with E-state index in [0.29, 0.717) is 18.5 Å². The van der Waals surface area contributed by atoms with Crippen LogP contribution >= 0.6 is 0 Å². The Morgan fingerprint density at radius 3 is 2.23 bits per heavy atom. The summed E-state index contributed by atoms with van der Waals surface area (Å²) < 4.78 is 94.9. The predicted molar refractivity (Wildman–Crippen MR) is 98.6 cm³/mol. The Labute approximate surface area is 171 Å². The van der Waals surface area contributed by atoms with Crippen LogP contribution in [0.15, 0.2) is 29.4 Å². The Hall–Kier alpha value is -3.34. The van der Waals surface area contributed by atoms with Gasteiger partial charge in [-0.3, -0.25) is 4.98 Å². The van der Waals surface area contributed by atoms with Gasteiger partial charge >= 0.3 is 12.4 Å². The molecule has 1 unspecified atom stereocenters. The molecule has 0 aromatic carbocycles. The van der Waals surface area contributed by atoms with Gasteiger partial charge < -0.3 is 4.57 Å². The topological polar surface area (TPSA) is 96.5 Å². The SMILES string of the molecule is CC=S(=O)(NC#N)c1cc(C(F)(F)F)cnc1-c1nc2cc(C(F)(F)F)cnc2n1C. The van der Waals surface area contributed by atoms with Crippen molar-refractivity contribution in [2.75, 3.05) is 0 Å². The van der Waals surface area contributed by atoms with Crippen molar-refractivity contribution in [1.82, 2.24) is 24.2 Å². The largest absolute Gasteiger partial charge is 0.417 e. The molecule has 3 heterocycles. The number of nitrogens with one attached hydrogen (secondary N) is 1. The van der Waals surface area contributed by atoms with E-state index in [1.807, 2.05) is 4.72 Å². The van der Waals surface area contributed by atoms with Gasteiger partial charge in [0.15, 0.2) is 17.7 Å². The maximum Gasteiger partial charge on any atom is 0.417 e. The Bertz CT molecular complexity index is 1330. The zero-order chi connectivity index (χ0) is 23.2. The van der Waals surface area contributed by atoms with Gasteiger partial charge in [0.05, 0.1) is 25.7 Å². The van der Waals surface area contributed by atoms with E-state index in [1.54, 1.807) is 0 Å². The molecule has 0 aliphatic carbocycles. The van der Waals surface area contributed by atoms with Gasteiger partial charge in [-0.25, -0.2) is 18.9 Å². The number of aryl methyl sites for hydroxylation is 1. The van der Waals surface area contributed by atoms with Crippen LogP contribution < -0.4 is 4.72 Å². The van der Waals surface area contributed by atoms with Crippen molar-refractivity contribution in [3.63, 3.8) is 0 Å². The summed E-state index contributed by atoms with van der Waals surface area (Å²) in [6.07, 6.45) is -7.00. The zero-order valence-electron chi connectivity index (χ0n) is 15.7. The smallest absolute Gasteiger partial charge is 0.310 e. The molecular weight excluding hydrogens is 450 g/mol. The molecule has 0 saturated carbocycles. The van der Waals surface area contributed by atoms with Crippen LogP contribution in [0.4, 0.5) is 26.3 Å². The van der Waals surface area contributed by atoms with Crippen molar-refractivity contribution in [2.45, 2.75) is 24.2 Å². The normalized spacial score (nSPS) is 14.2. The molecular formula is C17H12F6N6OS. The molecule has 0 aliphatic heterocycles. The summed E-state index contributed by atoms with van der Waals surface area (Å²) in [5.41, 5.74) is -2.80. The molecule has 0 spiro atoms. The minimum Gasteiger partial charge on any atom is -0.310 e. The second-order valence-electron chi connectivity index (χ2n) is 6.18. The van der Waals surface area contributed by atoms with Crippen LogP contribution in [0.3, 0.4) is 0 Å². The standard InChI is InChI=1S/C17H12F6N6OS/c1-3-31(30,27-8-24)12-5-10(17(21,22)23)6-25-13(12)15-28-11-4-9(16(18,19)20)7-26-14(11)29(15)2/h3-7H,1-2H3,(H,27,30). The monoisotopic (exact) mass is 462 g/mol. The Kier molecular flexibility index (Phi) is 5.34. The third kappa shape index (κ3) is 4.00. The van der Waals surface area contributed by atoms with E-state index in [9.17, 15) is 30.6 Å². The molecule has 1 atom stereocenters. The second kappa shape index (κ2) is 7.41. The first kappa shape index (κ1) is 22.3. The summed E-state index contributed by atoms with van der Waals surface area (Å²) >= 11 is 0. The van der Waals surface area contributed by atoms with E-state index in [1.165, 1.54) is 24.7 Å². The average Bonchev–Trinajstić information content (AvgIpc) is 3.02. The van der Waals surface area contributed by atoms with Crippen LogP contribution in [0, 0.1) is 11.5 Å². The van der Waals surface area contributed by atoms with Crippen LogP contribution in [0.5, 0.6) is 0 Å². The number of nitrogens with zero attached hydrogens (tertiary/aromatic N) is 5. The average molecular weight is 462 g/mol. The molecule has 0 fully saturated rings. The van der Waals surface area contributed by atoms with Crippen molar-refractivity contribution in [2.24, 2.45) is 7.05 Å². The number of aromatic nitrogens is 4. The lowest BCUT2D eigenvalue weighted by atomic mass is 10.2. The molecule has 3 aromatic rings. The second-order valence-corrected chi connectivity index (χ2v) is 8.49. The van der Waals surface area contributed by atoms with Crippen molar-refractivity contribution in [3.8, 4) is 17.7 Å². The highest BCUT2D eigenvalue weighted by atomic mass is 32.2. The third-order valence-corrected chi connectivity index (χ3v) is 6.31. The maximum absolute atomic E-state index is 13.2. The summed E-state index contributed by atoms with van der Waals surface area (Å²) in [5.74, 6) is -0.181. The molecule has 0 aliphatic rings. The van der Waals surface area contributed by atoms with Crippen LogP contribution in [0.1, 0.15) is 18.1 Å². The molecule has 0 saturated heterocycles. The highest BCUT2D eigenvalue weighted by Gasteiger charge is 2.34. The number of nitriles is 1. The van der Waals surface area contributed by atoms with E-state index in [0.717, 1.165) is 11.4 Å². The third-order valence-electron chi connectivity index (χ3n) is 4.28. The van der Waals surface area contributed by atoms with Crippen molar-refractivity contribution < 1.29 is 30.6 Å². The van der Waals surface area contributed by atoms with Gasteiger partial charge in [-0.2, -0.15) is 31.6 Å². The van der Waals surface area contributed by atoms with E-state index in [2.05, 4.69) is 15.0 Å². The van der Waals surface area contributed by atoms with Crippen LogP contribution in [-0.4, -0.2) is 29.1 Å². The Balaban J connectivity index is 2.35. The predicted octanol–water partition coefficient (Wildman–Crippen LogP) is 3.52. The van der Waals surface area contributed by atoms with E-state index >= 15 is 0 Å². The quantitative estimate of drug-likeness (QED) is 0.278. The lowest BCUT2D eigenvalue weighted by Gasteiger charge is -2.15.